The van der Waals surface area contributed by atoms with Gasteiger partial charge in [-0.25, -0.2) is 26.4 Å². The van der Waals surface area contributed by atoms with Gasteiger partial charge in [-0.3, -0.25) is 9.69 Å². The molecule has 3 atom stereocenters. The van der Waals surface area contributed by atoms with Gasteiger partial charge in [-0.15, -0.1) is 0 Å². The van der Waals surface area contributed by atoms with Crippen molar-refractivity contribution >= 4 is 27.5 Å². The zero-order chi connectivity index (χ0) is 39.0. The molecule has 2 N–H and O–H groups in total. The molecule has 2 amide bonds. The molecule has 3 heterocycles. The van der Waals surface area contributed by atoms with E-state index in [0.717, 1.165) is 69.8 Å². The molecule has 3 saturated heterocycles. The first kappa shape index (κ1) is 39.1. The average molecular weight is 782 g/mol. The number of anilines is 1. The van der Waals surface area contributed by atoms with Crippen molar-refractivity contribution in [1.29, 1.82) is 0 Å². The SMILES string of the molecule is CNC(=O)c1cccc(S(=O)(=O)c2ccc(N3CC(F)(CN4CCC([C@@](CN5CCC5)(c5cccc(F)c5)[C@H]5CCC[C@@H]5NC(=O)OC)CC4)C3)c(F)c2)c1. The molecule has 1 saturated carbocycles. The lowest BCUT2D eigenvalue weighted by atomic mass is 9.57. The monoisotopic (exact) mass is 781 g/mol. The van der Waals surface area contributed by atoms with Gasteiger partial charge >= 0.3 is 6.09 Å². The van der Waals surface area contributed by atoms with E-state index in [-0.39, 0.29) is 64.4 Å². The summed E-state index contributed by atoms with van der Waals surface area (Å²) in [5.41, 5.74) is -0.763. The van der Waals surface area contributed by atoms with Crippen LogP contribution < -0.4 is 15.5 Å². The van der Waals surface area contributed by atoms with Gasteiger partial charge in [0.15, 0.2) is 5.67 Å². The molecule has 7 rings (SSSR count). The lowest BCUT2D eigenvalue weighted by Crippen LogP contribution is -2.65. The number of alkyl halides is 1. The minimum Gasteiger partial charge on any atom is -0.453 e. The molecule has 55 heavy (non-hydrogen) atoms. The topological polar surface area (TPSA) is 111 Å². The van der Waals surface area contributed by atoms with Gasteiger partial charge < -0.3 is 25.2 Å². The second kappa shape index (κ2) is 15.8. The highest BCUT2D eigenvalue weighted by atomic mass is 32.2. The molecule has 4 fully saturated rings. The summed E-state index contributed by atoms with van der Waals surface area (Å²) in [5, 5.41) is 5.57. The number of rotatable bonds is 12. The third-order valence-electron chi connectivity index (χ3n) is 12.4. The van der Waals surface area contributed by atoms with Crippen molar-refractivity contribution in [2.75, 3.05) is 71.4 Å². The Balaban J connectivity index is 1.03. The second-order valence-corrected chi connectivity index (χ2v) is 17.7. The number of ether oxygens (including phenoxy) is 1. The molecule has 3 aromatic rings. The highest BCUT2D eigenvalue weighted by Crippen LogP contribution is 2.52. The first-order valence-corrected chi connectivity index (χ1v) is 20.7. The Hall–Kier alpha value is -4.14. The molecule has 14 heteroatoms. The van der Waals surface area contributed by atoms with Crippen LogP contribution >= 0.6 is 0 Å². The summed E-state index contributed by atoms with van der Waals surface area (Å²) in [5.74, 6) is -1.26. The van der Waals surface area contributed by atoms with Crippen molar-refractivity contribution in [3.05, 3.63) is 89.5 Å². The van der Waals surface area contributed by atoms with Crippen LogP contribution in [0.25, 0.3) is 0 Å². The number of alkyl carbamates (subject to hydrolysis) is 1. The van der Waals surface area contributed by atoms with Crippen molar-refractivity contribution in [2.45, 2.75) is 65.4 Å². The molecule has 3 aliphatic heterocycles. The summed E-state index contributed by atoms with van der Waals surface area (Å²) in [4.78, 5) is 30.3. The van der Waals surface area contributed by atoms with Crippen LogP contribution in [-0.2, 0) is 20.0 Å². The van der Waals surface area contributed by atoms with Gasteiger partial charge in [-0.2, -0.15) is 0 Å². The van der Waals surface area contributed by atoms with Crippen molar-refractivity contribution < 1.29 is 35.9 Å². The Morgan fingerprint density at radius 2 is 1.62 bits per heavy atom. The van der Waals surface area contributed by atoms with Crippen LogP contribution in [0.4, 0.5) is 23.7 Å². The van der Waals surface area contributed by atoms with Crippen molar-refractivity contribution in [3.63, 3.8) is 0 Å². The maximum Gasteiger partial charge on any atom is 0.407 e. The number of hydrogen-bond acceptors (Lipinski definition) is 8. The van der Waals surface area contributed by atoms with Crippen LogP contribution in [0.15, 0.2) is 76.5 Å². The van der Waals surface area contributed by atoms with Crippen LogP contribution in [0.2, 0.25) is 0 Å². The Bertz CT molecular complexity index is 2000. The minimum absolute atomic E-state index is 0.0325. The summed E-state index contributed by atoms with van der Waals surface area (Å²) in [6.07, 6.45) is 4.88. The Morgan fingerprint density at radius 3 is 2.27 bits per heavy atom. The van der Waals surface area contributed by atoms with E-state index < -0.39 is 38.7 Å². The summed E-state index contributed by atoms with van der Waals surface area (Å²) < 4.78 is 78.4. The number of nitrogens with one attached hydrogen (secondary N) is 2. The van der Waals surface area contributed by atoms with E-state index in [9.17, 15) is 22.4 Å². The number of nitrogens with zero attached hydrogens (tertiary/aromatic N) is 3. The standard InChI is InChI=1S/C41H50F3N5O5S/c1-45-38(50)28-7-3-10-32(21-28)55(52,53)33-13-14-37(35(43)23-33)49-25-40(44,26-49)24-48-19-15-29(16-20-48)41(27-47-17-6-18-47,30-8-4-9-31(42)22-30)34-11-5-12-36(34)46-39(51)54-2/h3-4,7-10,13-14,21-23,29,34,36H,5-6,11-12,15-20,24-27H2,1-2H3,(H,45,50)(H,46,51)/t34-,36-,41-/m0/s1. The lowest BCUT2D eigenvalue weighted by Gasteiger charge is -2.54. The van der Waals surface area contributed by atoms with E-state index in [1.807, 2.05) is 6.07 Å². The van der Waals surface area contributed by atoms with Crippen molar-refractivity contribution in [3.8, 4) is 0 Å². The lowest BCUT2D eigenvalue weighted by molar-refractivity contribution is 0.00575. The number of piperidine rings is 1. The number of sulfone groups is 1. The fraction of sp³-hybridized carbons (Fsp3) is 0.512. The molecule has 3 aromatic carbocycles. The fourth-order valence-electron chi connectivity index (χ4n) is 9.65. The van der Waals surface area contributed by atoms with Crippen LogP contribution in [0.1, 0.15) is 54.4 Å². The van der Waals surface area contributed by atoms with Gasteiger partial charge in [-0.05, 0) is 124 Å². The zero-order valence-electron chi connectivity index (χ0n) is 31.4. The Morgan fingerprint density at radius 1 is 0.891 bits per heavy atom. The molecule has 0 spiro atoms. The number of carbonyl (C=O) groups is 2. The van der Waals surface area contributed by atoms with Gasteiger partial charge in [0.1, 0.15) is 11.6 Å². The Kier molecular flexibility index (Phi) is 11.2. The number of benzene rings is 3. The third kappa shape index (κ3) is 7.82. The smallest absolute Gasteiger partial charge is 0.407 e. The Labute approximate surface area is 321 Å². The maximum atomic E-state index is 16.3. The predicted molar refractivity (Wildman–Crippen MR) is 203 cm³/mol. The summed E-state index contributed by atoms with van der Waals surface area (Å²) in [6.45, 7) is 4.14. The van der Waals surface area contributed by atoms with Gasteiger partial charge in [0.05, 0.1) is 35.7 Å². The third-order valence-corrected chi connectivity index (χ3v) is 14.2. The molecule has 0 unspecified atom stereocenters. The van der Waals surface area contributed by atoms with Gasteiger partial charge in [-0.1, -0.05) is 24.6 Å². The zero-order valence-corrected chi connectivity index (χ0v) is 32.2. The number of hydrogen-bond donors (Lipinski definition) is 2. The summed E-state index contributed by atoms with van der Waals surface area (Å²) in [7, 11) is -1.31. The number of carbonyl (C=O) groups excluding carboxylic acids is 2. The van der Waals surface area contributed by atoms with Gasteiger partial charge in [0, 0.05) is 37.2 Å². The molecular formula is C41H50F3N5O5S. The fourth-order valence-corrected chi connectivity index (χ4v) is 11.0. The number of methoxy groups -OCH3 is 1. The number of amides is 2. The first-order chi connectivity index (χ1) is 26.3. The van der Waals surface area contributed by atoms with Crippen LogP contribution in [0.3, 0.4) is 0 Å². The first-order valence-electron chi connectivity index (χ1n) is 19.2. The maximum absolute atomic E-state index is 16.3. The second-order valence-electron chi connectivity index (χ2n) is 15.7. The van der Waals surface area contributed by atoms with Crippen molar-refractivity contribution in [1.82, 2.24) is 20.4 Å². The predicted octanol–water partition coefficient (Wildman–Crippen LogP) is 5.57. The van der Waals surface area contributed by atoms with Gasteiger partial charge in [0.2, 0.25) is 9.84 Å². The van der Waals surface area contributed by atoms with E-state index in [1.54, 1.807) is 17.0 Å². The molecule has 0 aromatic heterocycles. The normalized spacial score (nSPS) is 23.0. The summed E-state index contributed by atoms with van der Waals surface area (Å²) >= 11 is 0. The van der Waals surface area contributed by atoms with E-state index in [0.29, 0.717) is 13.1 Å². The van der Waals surface area contributed by atoms with E-state index in [2.05, 4.69) is 20.4 Å². The van der Waals surface area contributed by atoms with Crippen LogP contribution in [-0.4, -0.2) is 108 Å². The minimum atomic E-state index is -4.12. The molecule has 0 radical (unpaired) electrons. The largest absolute Gasteiger partial charge is 0.453 e. The highest BCUT2D eigenvalue weighted by molar-refractivity contribution is 7.91. The molecule has 1 aliphatic carbocycles. The number of halogens is 3. The number of likely N-dealkylation sites (tertiary alicyclic amines) is 2. The molecule has 296 valence electrons. The summed E-state index contributed by atoms with van der Waals surface area (Å²) in [6, 6.07) is 16.0. The molecule has 0 bridgehead atoms. The quantitative estimate of drug-likeness (QED) is 0.246. The van der Waals surface area contributed by atoms with Gasteiger partial charge in [0.25, 0.3) is 5.91 Å². The van der Waals surface area contributed by atoms with E-state index in [1.165, 1.54) is 56.6 Å². The van der Waals surface area contributed by atoms with E-state index >= 15 is 8.78 Å². The van der Waals surface area contributed by atoms with E-state index in [4.69, 9.17) is 4.74 Å². The highest BCUT2D eigenvalue weighted by Gasteiger charge is 2.54. The van der Waals surface area contributed by atoms with Crippen LogP contribution in [0.5, 0.6) is 0 Å². The molecule has 4 aliphatic rings. The molecular weight excluding hydrogens is 732 g/mol. The van der Waals surface area contributed by atoms with Crippen LogP contribution in [0, 0.1) is 23.5 Å². The van der Waals surface area contributed by atoms with Crippen molar-refractivity contribution in [2.24, 2.45) is 11.8 Å². The molecule has 10 nitrogen and oxygen atoms in total. The average Bonchev–Trinajstić information content (AvgIpc) is 3.61.